The summed E-state index contributed by atoms with van der Waals surface area (Å²) < 4.78 is 6.00. The van der Waals surface area contributed by atoms with Gasteiger partial charge < -0.3 is 10.5 Å². The predicted octanol–water partition coefficient (Wildman–Crippen LogP) is 3.48. The quantitative estimate of drug-likeness (QED) is 0.914. The molecule has 3 heteroatoms. The second-order valence-corrected chi connectivity index (χ2v) is 5.80. The summed E-state index contributed by atoms with van der Waals surface area (Å²) in [6, 6.07) is 8.50. The van der Waals surface area contributed by atoms with Crippen LogP contribution < -0.4 is 10.5 Å². The van der Waals surface area contributed by atoms with Crippen molar-refractivity contribution in [1.29, 1.82) is 0 Å². The summed E-state index contributed by atoms with van der Waals surface area (Å²) in [7, 11) is 0. The highest BCUT2D eigenvalue weighted by Gasteiger charge is 2.09. The third-order valence-corrected chi connectivity index (χ3v) is 3.55. The number of aromatic nitrogens is 1. The lowest BCUT2D eigenvalue weighted by Crippen LogP contribution is -2.18. The highest BCUT2D eigenvalue weighted by molar-refractivity contribution is 5.43. The van der Waals surface area contributed by atoms with E-state index in [4.69, 9.17) is 10.5 Å². The van der Waals surface area contributed by atoms with Gasteiger partial charge in [0.25, 0.3) is 0 Å². The van der Waals surface area contributed by atoms with Crippen LogP contribution in [0.15, 0.2) is 30.5 Å². The first-order valence-electron chi connectivity index (χ1n) is 7.36. The molecule has 0 spiro atoms. The summed E-state index contributed by atoms with van der Waals surface area (Å²) >= 11 is 0. The molecule has 2 aromatic rings. The van der Waals surface area contributed by atoms with Crippen LogP contribution in [0.5, 0.6) is 5.75 Å². The van der Waals surface area contributed by atoms with Gasteiger partial charge in [-0.05, 0) is 62.4 Å². The predicted molar refractivity (Wildman–Crippen MR) is 86.6 cm³/mol. The fourth-order valence-corrected chi connectivity index (χ4v) is 2.57. The van der Waals surface area contributed by atoms with Crippen molar-refractivity contribution in [2.45, 2.75) is 46.8 Å². The average Bonchev–Trinajstić information content (AvgIpc) is 2.39. The number of hydrogen-bond acceptors (Lipinski definition) is 3. The van der Waals surface area contributed by atoms with Crippen LogP contribution in [0.25, 0.3) is 0 Å². The fourth-order valence-electron chi connectivity index (χ4n) is 2.57. The van der Waals surface area contributed by atoms with E-state index in [9.17, 15) is 0 Å². The van der Waals surface area contributed by atoms with Crippen LogP contribution in [-0.2, 0) is 13.0 Å². The van der Waals surface area contributed by atoms with E-state index >= 15 is 0 Å². The van der Waals surface area contributed by atoms with Gasteiger partial charge in [-0.3, -0.25) is 4.98 Å². The van der Waals surface area contributed by atoms with E-state index in [-0.39, 0.29) is 6.04 Å². The molecule has 21 heavy (non-hydrogen) atoms. The van der Waals surface area contributed by atoms with Gasteiger partial charge in [-0.25, -0.2) is 0 Å². The smallest absolute Gasteiger partial charge is 0.130 e. The highest BCUT2D eigenvalue weighted by atomic mass is 16.5. The molecule has 0 saturated heterocycles. The lowest BCUT2D eigenvalue weighted by atomic mass is 10.0. The van der Waals surface area contributed by atoms with Gasteiger partial charge in [0, 0.05) is 12.2 Å². The number of pyridine rings is 1. The van der Waals surface area contributed by atoms with Gasteiger partial charge in [0.2, 0.25) is 0 Å². The molecule has 0 saturated carbocycles. The van der Waals surface area contributed by atoms with Gasteiger partial charge in [0.1, 0.15) is 12.4 Å². The number of aryl methyl sites for hydroxylation is 3. The molecule has 0 amide bonds. The first-order chi connectivity index (χ1) is 9.97. The van der Waals surface area contributed by atoms with Gasteiger partial charge in [-0.1, -0.05) is 18.2 Å². The monoisotopic (exact) mass is 284 g/mol. The molecule has 2 rings (SSSR count). The van der Waals surface area contributed by atoms with Crippen molar-refractivity contribution in [3.05, 3.63) is 58.4 Å². The second kappa shape index (κ2) is 6.72. The van der Waals surface area contributed by atoms with Crippen LogP contribution in [0, 0.1) is 20.8 Å². The average molecular weight is 284 g/mol. The van der Waals surface area contributed by atoms with E-state index in [1.165, 1.54) is 5.56 Å². The second-order valence-electron chi connectivity index (χ2n) is 5.80. The van der Waals surface area contributed by atoms with Crippen molar-refractivity contribution in [3.63, 3.8) is 0 Å². The third kappa shape index (κ3) is 4.05. The van der Waals surface area contributed by atoms with Gasteiger partial charge >= 0.3 is 0 Å². The van der Waals surface area contributed by atoms with Crippen molar-refractivity contribution in [2.75, 3.05) is 0 Å². The SMILES string of the molecule is Cc1cccnc1COc1c(C)cc(CC(C)N)cc1C. The molecule has 0 bridgehead atoms. The van der Waals surface area contributed by atoms with E-state index in [0.29, 0.717) is 6.61 Å². The molecule has 2 N–H and O–H groups in total. The lowest BCUT2D eigenvalue weighted by Gasteiger charge is -2.15. The van der Waals surface area contributed by atoms with Crippen molar-refractivity contribution in [2.24, 2.45) is 5.73 Å². The van der Waals surface area contributed by atoms with Crippen LogP contribution in [0.2, 0.25) is 0 Å². The minimum atomic E-state index is 0.173. The Morgan fingerprint density at radius 3 is 2.38 bits per heavy atom. The van der Waals surface area contributed by atoms with Gasteiger partial charge in [0.15, 0.2) is 0 Å². The van der Waals surface area contributed by atoms with Gasteiger partial charge in [-0.15, -0.1) is 0 Å². The maximum atomic E-state index is 6.00. The Morgan fingerprint density at radius 1 is 1.14 bits per heavy atom. The number of hydrogen-bond donors (Lipinski definition) is 1. The molecule has 1 unspecified atom stereocenters. The van der Waals surface area contributed by atoms with Crippen molar-refractivity contribution in [3.8, 4) is 5.75 Å². The van der Waals surface area contributed by atoms with E-state index in [2.05, 4.69) is 44.0 Å². The molecular weight excluding hydrogens is 260 g/mol. The summed E-state index contributed by atoms with van der Waals surface area (Å²) in [5.74, 6) is 0.952. The fraction of sp³-hybridized carbons (Fsp3) is 0.389. The summed E-state index contributed by atoms with van der Waals surface area (Å²) in [5.41, 5.74) is 11.6. The summed E-state index contributed by atoms with van der Waals surface area (Å²) in [6.07, 6.45) is 2.69. The summed E-state index contributed by atoms with van der Waals surface area (Å²) in [4.78, 5) is 4.37. The van der Waals surface area contributed by atoms with Crippen LogP contribution in [-0.4, -0.2) is 11.0 Å². The van der Waals surface area contributed by atoms with E-state index in [0.717, 1.165) is 34.6 Å². The third-order valence-electron chi connectivity index (χ3n) is 3.55. The summed E-state index contributed by atoms with van der Waals surface area (Å²) in [6.45, 7) is 8.74. The maximum absolute atomic E-state index is 6.00. The number of rotatable bonds is 5. The molecule has 112 valence electrons. The van der Waals surface area contributed by atoms with Crippen LogP contribution in [0.3, 0.4) is 0 Å². The van der Waals surface area contributed by atoms with Gasteiger partial charge in [0.05, 0.1) is 5.69 Å². The maximum Gasteiger partial charge on any atom is 0.130 e. The van der Waals surface area contributed by atoms with E-state index in [1.807, 2.05) is 13.0 Å². The van der Waals surface area contributed by atoms with E-state index in [1.54, 1.807) is 6.20 Å². The van der Waals surface area contributed by atoms with E-state index < -0.39 is 0 Å². The Hall–Kier alpha value is -1.87. The standard InChI is InChI=1S/C18H24N2O/c1-12-6-5-7-20-17(12)11-21-18-13(2)8-16(9-14(18)3)10-15(4)19/h5-9,15H,10-11,19H2,1-4H3. The first kappa shape index (κ1) is 15.5. The molecule has 0 aliphatic carbocycles. The molecule has 0 fully saturated rings. The molecule has 1 aromatic carbocycles. The van der Waals surface area contributed by atoms with Crippen molar-refractivity contribution < 1.29 is 4.74 Å². The first-order valence-corrected chi connectivity index (χ1v) is 7.36. The van der Waals surface area contributed by atoms with Gasteiger partial charge in [-0.2, -0.15) is 0 Å². The molecule has 1 aromatic heterocycles. The molecule has 1 heterocycles. The largest absolute Gasteiger partial charge is 0.487 e. The molecular formula is C18H24N2O. The van der Waals surface area contributed by atoms with Crippen LogP contribution in [0.4, 0.5) is 0 Å². The number of ether oxygens (including phenoxy) is 1. The zero-order valence-electron chi connectivity index (χ0n) is 13.3. The molecule has 0 radical (unpaired) electrons. The number of benzene rings is 1. The van der Waals surface area contributed by atoms with Crippen molar-refractivity contribution >= 4 is 0 Å². The molecule has 0 aliphatic heterocycles. The Bertz CT molecular complexity index is 597. The van der Waals surface area contributed by atoms with Crippen LogP contribution in [0.1, 0.15) is 34.9 Å². The number of nitrogens with two attached hydrogens (primary N) is 1. The van der Waals surface area contributed by atoms with Crippen molar-refractivity contribution in [1.82, 2.24) is 4.98 Å². The molecule has 0 aliphatic rings. The Labute approximate surface area is 127 Å². The Balaban J connectivity index is 2.15. The Morgan fingerprint density at radius 2 is 1.81 bits per heavy atom. The zero-order valence-corrected chi connectivity index (χ0v) is 13.3. The minimum absolute atomic E-state index is 0.173. The topological polar surface area (TPSA) is 48.1 Å². The van der Waals surface area contributed by atoms with Crippen LogP contribution >= 0.6 is 0 Å². The zero-order chi connectivity index (χ0) is 15.4. The normalized spacial score (nSPS) is 12.2. The molecule has 3 nitrogen and oxygen atoms in total. The summed E-state index contributed by atoms with van der Waals surface area (Å²) in [5, 5.41) is 0. The Kier molecular flexibility index (Phi) is 4.97. The highest BCUT2D eigenvalue weighted by Crippen LogP contribution is 2.26. The number of nitrogens with zero attached hydrogens (tertiary/aromatic N) is 1. The molecule has 1 atom stereocenters. The lowest BCUT2D eigenvalue weighted by molar-refractivity contribution is 0.296. The minimum Gasteiger partial charge on any atom is -0.487 e.